The first kappa shape index (κ1) is 11.9. The van der Waals surface area contributed by atoms with Crippen LogP contribution >= 0.6 is 0 Å². The van der Waals surface area contributed by atoms with E-state index in [1.54, 1.807) is 0 Å². The summed E-state index contributed by atoms with van der Waals surface area (Å²) < 4.78 is 0. The summed E-state index contributed by atoms with van der Waals surface area (Å²) in [6, 6.07) is 11.0. The van der Waals surface area contributed by atoms with Crippen LogP contribution in [0.25, 0.3) is 0 Å². The highest BCUT2D eigenvalue weighted by Crippen LogP contribution is 2.28. The third-order valence-corrected chi connectivity index (χ3v) is 4.33. The van der Waals surface area contributed by atoms with Gasteiger partial charge in [-0.1, -0.05) is 30.3 Å². The molecule has 0 radical (unpaired) electrons. The highest BCUT2D eigenvalue weighted by atomic mass is 16.1. The Morgan fingerprint density at radius 2 is 1.78 bits per heavy atom. The number of ketones is 1. The lowest BCUT2D eigenvalue weighted by Crippen LogP contribution is -2.57. The van der Waals surface area contributed by atoms with Gasteiger partial charge < -0.3 is 5.32 Å². The van der Waals surface area contributed by atoms with Gasteiger partial charge >= 0.3 is 0 Å². The molecule has 2 aliphatic heterocycles. The Kier molecular flexibility index (Phi) is 3.18. The van der Waals surface area contributed by atoms with Crippen LogP contribution in [0.3, 0.4) is 0 Å². The van der Waals surface area contributed by atoms with Crippen molar-refractivity contribution in [1.82, 2.24) is 10.2 Å². The summed E-state index contributed by atoms with van der Waals surface area (Å²) in [6.45, 7) is 5.76. The Labute approximate surface area is 108 Å². The maximum atomic E-state index is 12.0. The van der Waals surface area contributed by atoms with Crippen molar-refractivity contribution in [3.05, 3.63) is 35.9 Å². The smallest absolute Gasteiger partial charge is 0.144 e. The SMILES string of the molecule is CC(c1ccccc1)N1CC2CNCC(C1)C2=O. The maximum absolute atomic E-state index is 12.0. The molecule has 2 aliphatic rings. The van der Waals surface area contributed by atoms with Crippen LogP contribution in [-0.4, -0.2) is 36.9 Å². The Hall–Kier alpha value is -1.19. The van der Waals surface area contributed by atoms with Gasteiger partial charge in [0.2, 0.25) is 0 Å². The zero-order chi connectivity index (χ0) is 12.5. The molecule has 1 aromatic rings. The molecule has 2 heterocycles. The number of hydrogen-bond donors (Lipinski definition) is 1. The lowest BCUT2D eigenvalue weighted by Gasteiger charge is -2.43. The molecule has 3 rings (SSSR count). The predicted octanol–water partition coefficient (Wildman–Crippen LogP) is 1.47. The molecule has 0 aromatic heterocycles. The van der Waals surface area contributed by atoms with Crippen LogP contribution in [0.1, 0.15) is 18.5 Å². The van der Waals surface area contributed by atoms with Crippen LogP contribution < -0.4 is 5.32 Å². The van der Waals surface area contributed by atoms with Crippen molar-refractivity contribution in [3.63, 3.8) is 0 Å². The summed E-state index contributed by atoms with van der Waals surface area (Å²) in [5, 5.41) is 3.37. The maximum Gasteiger partial charge on any atom is 0.144 e. The second-order valence-corrected chi connectivity index (χ2v) is 5.50. The van der Waals surface area contributed by atoms with Crippen LogP contribution in [-0.2, 0) is 4.79 Å². The molecule has 3 nitrogen and oxygen atoms in total. The molecule has 0 aliphatic carbocycles. The van der Waals surface area contributed by atoms with Gasteiger partial charge in [0.15, 0.2) is 0 Å². The fourth-order valence-electron chi connectivity index (χ4n) is 3.17. The van der Waals surface area contributed by atoms with E-state index in [9.17, 15) is 4.79 Å². The van der Waals surface area contributed by atoms with Crippen LogP contribution in [0, 0.1) is 11.8 Å². The second kappa shape index (κ2) is 4.82. The molecule has 0 spiro atoms. The third-order valence-electron chi connectivity index (χ3n) is 4.33. The van der Waals surface area contributed by atoms with Crippen molar-refractivity contribution in [1.29, 1.82) is 0 Å². The average Bonchev–Trinajstić information content (AvgIpc) is 2.38. The molecule has 1 N–H and O–H groups in total. The highest BCUT2D eigenvalue weighted by Gasteiger charge is 2.39. The third kappa shape index (κ3) is 2.08. The lowest BCUT2D eigenvalue weighted by molar-refractivity contribution is -0.134. The molecule has 3 atom stereocenters. The van der Waals surface area contributed by atoms with Crippen molar-refractivity contribution in [2.24, 2.45) is 11.8 Å². The first-order chi connectivity index (χ1) is 8.75. The van der Waals surface area contributed by atoms with Gasteiger partial charge in [0, 0.05) is 44.1 Å². The van der Waals surface area contributed by atoms with Crippen LogP contribution in [0.15, 0.2) is 30.3 Å². The minimum absolute atomic E-state index is 0.198. The van der Waals surface area contributed by atoms with Crippen LogP contribution in [0.2, 0.25) is 0 Å². The monoisotopic (exact) mass is 244 g/mol. The van der Waals surface area contributed by atoms with E-state index in [0.29, 0.717) is 11.8 Å². The number of rotatable bonds is 2. The van der Waals surface area contributed by atoms with Gasteiger partial charge in [-0.3, -0.25) is 9.69 Å². The van der Waals surface area contributed by atoms with Crippen molar-refractivity contribution < 1.29 is 4.79 Å². The van der Waals surface area contributed by atoms with Crippen LogP contribution in [0.5, 0.6) is 0 Å². The van der Waals surface area contributed by atoms with Crippen molar-refractivity contribution >= 4 is 5.78 Å². The fraction of sp³-hybridized carbons (Fsp3) is 0.533. The molecule has 0 saturated carbocycles. The zero-order valence-corrected chi connectivity index (χ0v) is 10.8. The quantitative estimate of drug-likeness (QED) is 0.855. The topological polar surface area (TPSA) is 32.3 Å². The normalized spacial score (nSPS) is 30.2. The van der Waals surface area contributed by atoms with E-state index in [-0.39, 0.29) is 11.8 Å². The van der Waals surface area contributed by atoms with E-state index >= 15 is 0 Å². The van der Waals surface area contributed by atoms with Gasteiger partial charge in [-0.15, -0.1) is 0 Å². The Bertz CT molecular complexity index is 415. The molecular weight excluding hydrogens is 224 g/mol. The Morgan fingerprint density at radius 1 is 1.17 bits per heavy atom. The van der Waals surface area contributed by atoms with Gasteiger partial charge in [-0.05, 0) is 12.5 Å². The molecule has 2 saturated heterocycles. The van der Waals surface area contributed by atoms with Crippen molar-refractivity contribution in [2.45, 2.75) is 13.0 Å². The lowest BCUT2D eigenvalue weighted by atomic mass is 9.83. The Balaban J connectivity index is 1.76. The second-order valence-electron chi connectivity index (χ2n) is 5.50. The zero-order valence-electron chi connectivity index (χ0n) is 10.8. The number of piperidine rings is 2. The first-order valence-electron chi connectivity index (χ1n) is 6.79. The molecule has 1 aromatic carbocycles. The number of carbonyl (C=O) groups is 1. The van der Waals surface area contributed by atoms with E-state index in [1.807, 2.05) is 0 Å². The number of benzene rings is 1. The number of hydrogen-bond acceptors (Lipinski definition) is 3. The number of nitrogens with zero attached hydrogens (tertiary/aromatic N) is 1. The molecule has 0 amide bonds. The molecule has 2 bridgehead atoms. The van der Waals surface area contributed by atoms with Gasteiger partial charge in [-0.2, -0.15) is 0 Å². The van der Waals surface area contributed by atoms with Gasteiger partial charge in [0.25, 0.3) is 0 Å². The van der Waals surface area contributed by atoms with Crippen LogP contribution in [0.4, 0.5) is 0 Å². The van der Waals surface area contributed by atoms with E-state index in [1.165, 1.54) is 5.56 Å². The molecular formula is C15H20N2O. The summed E-state index contributed by atoms with van der Waals surface area (Å²) in [6.07, 6.45) is 0. The van der Waals surface area contributed by atoms with E-state index in [2.05, 4.69) is 47.5 Å². The first-order valence-corrected chi connectivity index (χ1v) is 6.79. The van der Waals surface area contributed by atoms with Gasteiger partial charge in [0.1, 0.15) is 5.78 Å². The standard InChI is InChI=1S/C15H20N2O/c1-11(12-5-3-2-4-6-12)17-9-13-7-16-8-14(10-17)15(13)18/h2-6,11,13-14,16H,7-10H2,1H3. The molecule has 2 fully saturated rings. The van der Waals surface area contributed by atoms with E-state index in [0.717, 1.165) is 26.2 Å². The molecule has 96 valence electrons. The van der Waals surface area contributed by atoms with E-state index in [4.69, 9.17) is 0 Å². The number of fused-ring (bicyclic) bond motifs is 2. The molecule has 3 unspecified atom stereocenters. The fourth-order valence-corrected chi connectivity index (χ4v) is 3.17. The summed E-state index contributed by atoms with van der Waals surface area (Å²) in [4.78, 5) is 14.5. The summed E-state index contributed by atoms with van der Waals surface area (Å²) in [5.41, 5.74) is 1.35. The largest absolute Gasteiger partial charge is 0.315 e. The van der Waals surface area contributed by atoms with Gasteiger partial charge in [0.05, 0.1) is 0 Å². The highest BCUT2D eigenvalue weighted by molar-refractivity contribution is 5.85. The minimum Gasteiger partial charge on any atom is -0.315 e. The average molecular weight is 244 g/mol. The van der Waals surface area contributed by atoms with Gasteiger partial charge in [-0.25, -0.2) is 0 Å². The Morgan fingerprint density at radius 3 is 2.39 bits per heavy atom. The minimum atomic E-state index is 0.198. The van der Waals surface area contributed by atoms with E-state index < -0.39 is 0 Å². The number of carbonyl (C=O) groups excluding carboxylic acids is 1. The number of Topliss-reactive ketones (excluding diaryl/α,β-unsaturated/α-hetero) is 1. The van der Waals surface area contributed by atoms with Crippen molar-refractivity contribution in [2.75, 3.05) is 26.2 Å². The number of nitrogens with one attached hydrogen (secondary N) is 1. The summed E-state index contributed by atoms with van der Waals surface area (Å²) in [7, 11) is 0. The molecule has 18 heavy (non-hydrogen) atoms. The van der Waals surface area contributed by atoms with Crippen molar-refractivity contribution in [3.8, 4) is 0 Å². The number of likely N-dealkylation sites (tertiary alicyclic amines) is 1. The predicted molar refractivity (Wildman–Crippen MR) is 71.3 cm³/mol. The summed E-state index contributed by atoms with van der Waals surface area (Å²) in [5.74, 6) is 0.873. The molecule has 3 heteroatoms. The summed E-state index contributed by atoms with van der Waals surface area (Å²) >= 11 is 0.